The van der Waals surface area contributed by atoms with Gasteiger partial charge in [-0.05, 0) is 57.3 Å². The average molecular weight is 477 g/mol. The van der Waals surface area contributed by atoms with Crippen LogP contribution in [0.1, 0.15) is 86.5 Å². The number of hydrogen-bond donors (Lipinski definition) is 0. The van der Waals surface area contributed by atoms with E-state index in [0.717, 1.165) is 25.7 Å². The smallest absolute Gasteiger partial charge is 0.306 e. The molecule has 0 N–H and O–H groups in total. The minimum absolute atomic E-state index is 0.0331. The summed E-state index contributed by atoms with van der Waals surface area (Å²) in [5.41, 5.74) is 0.481. The quantitative estimate of drug-likeness (QED) is 0.386. The first kappa shape index (κ1) is 25.7. The number of hydrogen-bond acceptors (Lipinski definition) is 6. The first-order valence-corrected chi connectivity index (χ1v) is 13.5. The molecule has 2 saturated heterocycles. The van der Waals surface area contributed by atoms with Gasteiger partial charge in [0.15, 0.2) is 0 Å². The number of fused-ring (bicyclic) bond motifs is 2. The fraction of sp³-hybridized carbons (Fsp3) is 0.857. The van der Waals surface area contributed by atoms with E-state index in [9.17, 15) is 9.59 Å². The molecule has 0 radical (unpaired) electrons. The van der Waals surface area contributed by atoms with Crippen molar-refractivity contribution in [3.63, 3.8) is 0 Å². The molecular weight excluding hydrogens is 432 g/mol. The Morgan fingerprint density at radius 1 is 1.06 bits per heavy atom. The fourth-order valence-corrected chi connectivity index (χ4v) is 7.11. The van der Waals surface area contributed by atoms with Crippen LogP contribution < -0.4 is 0 Å². The number of esters is 2. The summed E-state index contributed by atoms with van der Waals surface area (Å²) in [4.78, 5) is 25.2. The second-order valence-electron chi connectivity index (χ2n) is 11.5. The highest BCUT2D eigenvalue weighted by Crippen LogP contribution is 2.57. The van der Waals surface area contributed by atoms with E-state index in [1.807, 2.05) is 13.8 Å². The van der Waals surface area contributed by atoms with Gasteiger partial charge in [0.05, 0.1) is 18.8 Å². The molecule has 3 fully saturated rings. The van der Waals surface area contributed by atoms with Gasteiger partial charge >= 0.3 is 11.9 Å². The summed E-state index contributed by atoms with van der Waals surface area (Å²) in [6.45, 7) is 13.3. The lowest BCUT2D eigenvalue weighted by Crippen LogP contribution is -2.57. The molecule has 6 nitrogen and oxygen atoms in total. The molecular formula is C28H44O6. The summed E-state index contributed by atoms with van der Waals surface area (Å²) in [7, 11) is 0. The van der Waals surface area contributed by atoms with Crippen molar-refractivity contribution in [2.24, 2.45) is 29.6 Å². The summed E-state index contributed by atoms with van der Waals surface area (Å²) >= 11 is 0. The van der Waals surface area contributed by atoms with Crippen molar-refractivity contribution >= 4 is 11.9 Å². The Labute approximate surface area is 205 Å². The molecule has 0 amide bonds. The molecule has 0 aromatic heterocycles. The van der Waals surface area contributed by atoms with Gasteiger partial charge in [0.1, 0.15) is 17.8 Å². The zero-order chi connectivity index (χ0) is 24.6. The van der Waals surface area contributed by atoms with Gasteiger partial charge in [0.25, 0.3) is 0 Å². The molecule has 0 spiro atoms. The van der Waals surface area contributed by atoms with Crippen molar-refractivity contribution in [3.8, 4) is 0 Å². The topological polar surface area (TPSA) is 71.1 Å². The summed E-state index contributed by atoms with van der Waals surface area (Å²) in [5, 5.41) is 0. The second kappa shape index (κ2) is 10.3. The van der Waals surface area contributed by atoms with Crippen molar-refractivity contribution in [3.05, 3.63) is 11.6 Å². The van der Waals surface area contributed by atoms with Crippen LogP contribution in [-0.2, 0) is 28.5 Å². The standard InChI is InChI=1S/C28H44O6/c1-7-9-22(29)33-21-12-11-16(3)13-20-25-24-19(14-17(4)26(25)34-23(30)10-8-2)18(5)15-31-28(21,6)27(24)32-20/h11,17-21,24-27H,7-10,12-15H2,1-6H3/t17-,18+,19+,20+,21?,24+,25+,26-,27+,28+/m1/s1. The molecule has 1 aliphatic carbocycles. The maximum atomic E-state index is 12.6. The lowest BCUT2D eigenvalue weighted by molar-refractivity contribution is -0.202. The summed E-state index contributed by atoms with van der Waals surface area (Å²) in [6, 6.07) is 0. The predicted octanol–water partition coefficient (Wildman–Crippen LogP) is 5.23. The largest absolute Gasteiger partial charge is 0.462 e. The fourth-order valence-electron chi connectivity index (χ4n) is 7.11. The lowest BCUT2D eigenvalue weighted by atomic mass is 9.59. The minimum Gasteiger partial charge on any atom is -0.462 e. The predicted molar refractivity (Wildman–Crippen MR) is 129 cm³/mol. The second-order valence-corrected chi connectivity index (χ2v) is 11.5. The number of carbonyl (C=O) groups is 2. The van der Waals surface area contributed by atoms with Crippen molar-refractivity contribution < 1.29 is 28.5 Å². The zero-order valence-corrected chi connectivity index (χ0v) is 21.9. The van der Waals surface area contributed by atoms with Crippen molar-refractivity contribution in [2.75, 3.05) is 6.61 Å². The highest BCUT2D eigenvalue weighted by atomic mass is 16.6. The van der Waals surface area contributed by atoms with Gasteiger partial charge in [-0.3, -0.25) is 9.59 Å². The van der Waals surface area contributed by atoms with Gasteiger partial charge in [0.2, 0.25) is 0 Å². The third kappa shape index (κ3) is 4.69. The molecule has 0 aromatic rings. The van der Waals surface area contributed by atoms with E-state index in [1.165, 1.54) is 5.57 Å². The Balaban J connectivity index is 1.75. The maximum absolute atomic E-state index is 12.6. The SMILES string of the molecule is CCCC(=O)OC1CC=C(C)C[C@@H]2O[C@H]3[C@H]4[C@@H](C[C@@H](C)[C@@H](OC(=O)CCC)[C@H]42)[C@@H](C)CO[C@@]13C. The molecule has 1 unspecified atom stereocenters. The van der Waals surface area contributed by atoms with Crippen molar-refractivity contribution in [1.82, 2.24) is 0 Å². The number of carbonyl (C=O) groups excluding carboxylic acids is 2. The van der Waals surface area contributed by atoms with Crippen molar-refractivity contribution in [1.29, 1.82) is 0 Å². The van der Waals surface area contributed by atoms with Crippen LogP contribution in [0.2, 0.25) is 0 Å². The molecule has 192 valence electrons. The van der Waals surface area contributed by atoms with Crippen LogP contribution in [0.25, 0.3) is 0 Å². The molecule has 4 rings (SSSR count). The summed E-state index contributed by atoms with van der Waals surface area (Å²) in [6.07, 6.45) is 6.22. The molecule has 2 bridgehead atoms. The Kier molecular flexibility index (Phi) is 7.78. The molecule has 0 aromatic carbocycles. The lowest BCUT2D eigenvalue weighted by Gasteiger charge is -2.47. The molecule has 1 saturated carbocycles. The maximum Gasteiger partial charge on any atom is 0.306 e. The molecule has 3 aliphatic heterocycles. The van der Waals surface area contributed by atoms with Gasteiger partial charge in [-0.2, -0.15) is 0 Å². The Morgan fingerprint density at radius 3 is 2.41 bits per heavy atom. The van der Waals surface area contributed by atoms with Crippen molar-refractivity contribution in [2.45, 2.75) is 117 Å². The monoisotopic (exact) mass is 476 g/mol. The van der Waals surface area contributed by atoms with Gasteiger partial charge in [0, 0.05) is 31.1 Å². The molecule has 6 heteroatoms. The van der Waals surface area contributed by atoms with E-state index < -0.39 is 11.7 Å². The average Bonchev–Trinajstić information content (AvgIpc) is 3.13. The Bertz CT molecular complexity index is 792. The van der Waals surface area contributed by atoms with Crippen LogP contribution in [0, 0.1) is 29.6 Å². The van der Waals surface area contributed by atoms with E-state index in [4.69, 9.17) is 18.9 Å². The highest BCUT2D eigenvalue weighted by molar-refractivity contribution is 5.70. The van der Waals surface area contributed by atoms with E-state index in [2.05, 4.69) is 33.8 Å². The third-order valence-electron chi connectivity index (χ3n) is 8.87. The molecule has 34 heavy (non-hydrogen) atoms. The van der Waals surface area contributed by atoms with E-state index in [1.54, 1.807) is 0 Å². The van der Waals surface area contributed by atoms with E-state index >= 15 is 0 Å². The van der Waals surface area contributed by atoms with Crippen LogP contribution in [0.3, 0.4) is 0 Å². The van der Waals surface area contributed by atoms with E-state index in [0.29, 0.717) is 37.7 Å². The molecule has 10 atom stereocenters. The Morgan fingerprint density at radius 2 is 1.74 bits per heavy atom. The van der Waals surface area contributed by atoms with Gasteiger partial charge in [-0.1, -0.05) is 39.3 Å². The first-order valence-electron chi connectivity index (χ1n) is 13.5. The summed E-state index contributed by atoms with van der Waals surface area (Å²) < 4.78 is 25.9. The first-order chi connectivity index (χ1) is 16.2. The molecule has 4 aliphatic rings. The van der Waals surface area contributed by atoms with Gasteiger partial charge in [-0.25, -0.2) is 0 Å². The third-order valence-corrected chi connectivity index (χ3v) is 8.87. The normalized spacial score (nSPS) is 43.6. The molecule has 3 heterocycles. The summed E-state index contributed by atoms with van der Waals surface area (Å²) in [5.74, 6) is 1.11. The number of rotatable bonds is 6. The van der Waals surface area contributed by atoms with Crippen LogP contribution in [-0.4, -0.2) is 48.6 Å². The Hall–Kier alpha value is -1.40. The van der Waals surface area contributed by atoms with Gasteiger partial charge in [-0.15, -0.1) is 0 Å². The van der Waals surface area contributed by atoms with Crippen LogP contribution >= 0.6 is 0 Å². The van der Waals surface area contributed by atoms with Gasteiger partial charge < -0.3 is 18.9 Å². The van der Waals surface area contributed by atoms with E-state index in [-0.39, 0.29) is 48.0 Å². The zero-order valence-electron chi connectivity index (χ0n) is 21.9. The van der Waals surface area contributed by atoms with Crippen LogP contribution in [0.15, 0.2) is 11.6 Å². The van der Waals surface area contributed by atoms with Crippen LogP contribution in [0.4, 0.5) is 0 Å². The number of ether oxygens (including phenoxy) is 4. The van der Waals surface area contributed by atoms with Crippen LogP contribution in [0.5, 0.6) is 0 Å². The minimum atomic E-state index is -0.746. The highest BCUT2D eigenvalue weighted by Gasteiger charge is 2.65.